The molecule has 7 heteroatoms. The molecule has 110 valence electrons. The molecule has 3 rings (SSSR count). The molecule has 1 N–H and O–H groups in total. The number of aromatic nitrogens is 2. The first-order chi connectivity index (χ1) is 9.49. The van der Waals surface area contributed by atoms with E-state index in [1.165, 1.54) is 6.20 Å². The molecule has 0 saturated carbocycles. The summed E-state index contributed by atoms with van der Waals surface area (Å²) in [5.41, 5.74) is -0.678. The molecule has 1 aromatic heterocycles. The molecule has 2 aliphatic heterocycles. The van der Waals surface area contributed by atoms with Gasteiger partial charge in [0, 0.05) is 13.1 Å². The molecule has 0 radical (unpaired) electrons. The minimum Gasteiger partial charge on any atom is -0.355 e. The predicted octanol–water partition coefficient (Wildman–Crippen LogP) is 2.08. The molecule has 4 nitrogen and oxygen atoms in total. The summed E-state index contributed by atoms with van der Waals surface area (Å²) >= 11 is 0. The largest absolute Gasteiger partial charge is 0.434 e. The molecule has 0 aliphatic carbocycles. The monoisotopic (exact) mass is 286 g/mol. The lowest BCUT2D eigenvalue weighted by atomic mass is 9.78. The quantitative estimate of drug-likeness (QED) is 0.858. The SMILES string of the molecule is FC(F)(F)c1cncc(N2CCC3(CCNCC3)C2)n1. The number of hydrogen-bond acceptors (Lipinski definition) is 4. The number of piperidine rings is 1. The van der Waals surface area contributed by atoms with Crippen LogP contribution in [0.15, 0.2) is 12.4 Å². The van der Waals surface area contributed by atoms with Gasteiger partial charge in [0.2, 0.25) is 0 Å². The molecular formula is C13H17F3N4. The van der Waals surface area contributed by atoms with Gasteiger partial charge in [-0.15, -0.1) is 0 Å². The molecule has 0 bridgehead atoms. The van der Waals surface area contributed by atoms with Gasteiger partial charge in [0.15, 0.2) is 5.69 Å². The van der Waals surface area contributed by atoms with Gasteiger partial charge < -0.3 is 10.2 Å². The van der Waals surface area contributed by atoms with Gasteiger partial charge in [-0.05, 0) is 37.8 Å². The van der Waals surface area contributed by atoms with Crippen molar-refractivity contribution in [1.29, 1.82) is 0 Å². The van der Waals surface area contributed by atoms with Gasteiger partial charge in [0.05, 0.1) is 12.4 Å². The van der Waals surface area contributed by atoms with Gasteiger partial charge in [-0.2, -0.15) is 13.2 Å². The topological polar surface area (TPSA) is 41.1 Å². The Balaban J connectivity index is 1.77. The summed E-state index contributed by atoms with van der Waals surface area (Å²) in [6.45, 7) is 3.52. The van der Waals surface area contributed by atoms with Crippen LogP contribution in [0, 0.1) is 5.41 Å². The Morgan fingerprint density at radius 2 is 1.90 bits per heavy atom. The highest BCUT2D eigenvalue weighted by atomic mass is 19.4. The fourth-order valence-corrected chi connectivity index (χ4v) is 3.14. The summed E-state index contributed by atoms with van der Waals surface area (Å²) in [4.78, 5) is 9.36. The average molecular weight is 286 g/mol. The van der Waals surface area contributed by atoms with E-state index in [2.05, 4.69) is 15.3 Å². The Morgan fingerprint density at radius 1 is 1.15 bits per heavy atom. The van der Waals surface area contributed by atoms with Crippen molar-refractivity contribution in [2.75, 3.05) is 31.1 Å². The Morgan fingerprint density at radius 3 is 2.60 bits per heavy atom. The molecule has 2 fully saturated rings. The van der Waals surface area contributed by atoms with Crippen molar-refractivity contribution >= 4 is 5.82 Å². The van der Waals surface area contributed by atoms with Crippen molar-refractivity contribution in [3.8, 4) is 0 Å². The summed E-state index contributed by atoms with van der Waals surface area (Å²) in [6, 6.07) is 0. The highest BCUT2D eigenvalue weighted by Gasteiger charge is 2.40. The van der Waals surface area contributed by atoms with Crippen molar-refractivity contribution in [1.82, 2.24) is 15.3 Å². The van der Waals surface area contributed by atoms with Crippen LogP contribution in [-0.2, 0) is 6.18 Å². The molecule has 3 heterocycles. The van der Waals surface area contributed by atoms with Crippen molar-refractivity contribution in [2.45, 2.75) is 25.4 Å². The number of alkyl halides is 3. The van der Waals surface area contributed by atoms with E-state index < -0.39 is 11.9 Å². The molecule has 2 aliphatic rings. The van der Waals surface area contributed by atoms with E-state index in [1.807, 2.05) is 4.90 Å². The van der Waals surface area contributed by atoms with Gasteiger partial charge >= 0.3 is 6.18 Å². The van der Waals surface area contributed by atoms with Gasteiger partial charge in [0.25, 0.3) is 0 Å². The standard InChI is InChI=1S/C13H17F3N4/c14-13(15,16)10-7-18-8-11(19-10)20-6-3-12(9-20)1-4-17-5-2-12/h7-8,17H,1-6,9H2. The van der Waals surface area contributed by atoms with Crippen molar-refractivity contribution < 1.29 is 13.2 Å². The number of nitrogens with zero attached hydrogens (tertiary/aromatic N) is 3. The molecule has 0 unspecified atom stereocenters. The van der Waals surface area contributed by atoms with Crippen LogP contribution in [0.4, 0.5) is 19.0 Å². The number of nitrogens with one attached hydrogen (secondary N) is 1. The lowest BCUT2D eigenvalue weighted by Gasteiger charge is -2.33. The van der Waals surface area contributed by atoms with Crippen LogP contribution < -0.4 is 10.2 Å². The summed E-state index contributed by atoms with van der Waals surface area (Å²) in [6.07, 6.45) is 0.947. The smallest absolute Gasteiger partial charge is 0.355 e. The maximum Gasteiger partial charge on any atom is 0.434 e. The third-order valence-electron chi connectivity index (χ3n) is 4.34. The fourth-order valence-electron chi connectivity index (χ4n) is 3.14. The minimum atomic E-state index is -4.44. The van der Waals surface area contributed by atoms with Crippen molar-refractivity contribution in [2.24, 2.45) is 5.41 Å². The van der Waals surface area contributed by atoms with Crippen molar-refractivity contribution in [3.63, 3.8) is 0 Å². The van der Waals surface area contributed by atoms with E-state index in [0.717, 1.165) is 51.6 Å². The number of halogens is 3. The first-order valence-corrected chi connectivity index (χ1v) is 6.84. The molecular weight excluding hydrogens is 269 g/mol. The summed E-state index contributed by atoms with van der Waals surface area (Å²) < 4.78 is 38.0. The average Bonchev–Trinajstić information content (AvgIpc) is 2.83. The zero-order valence-electron chi connectivity index (χ0n) is 11.1. The fraction of sp³-hybridized carbons (Fsp3) is 0.692. The van der Waals surface area contributed by atoms with E-state index in [0.29, 0.717) is 5.82 Å². The summed E-state index contributed by atoms with van der Waals surface area (Å²) in [5.74, 6) is 0.343. The second-order valence-corrected chi connectivity index (χ2v) is 5.68. The van der Waals surface area contributed by atoms with Crippen molar-refractivity contribution in [3.05, 3.63) is 18.1 Å². The first-order valence-electron chi connectivity index (χ1n) is 6.84. The van der Waals surface area contributed by atoms with Crippen LogP contribution in [0.5, 0.6) is 0 Å². The molecule has 1 spiro atoms. The van der Waals surface area contributed by atoms with E-state index in [1.54, 1.807) is 0 Å². The van der Waals surface area contributed by atoms with Gasteiger partial charge in [-0.25, -0.2) is 4.98 Å². The van der Waals surface area contributed by atoms with E-state index in [4.69, 9.17) is 0 Å². The van der Waals surface area contributed by atoms with Gasteiger partial charge in [0.1, 0.15) is 5.82 Å². The number of hydrogen-bond donors (Lipinski definition) is 1. The Labute approximate surface area is 115 Å². The second-order valence-electron chi connectivity index (χ2n) is 5.68. The first kappa shape index (κ1) is 13.6. The van der Waals surface area contributed by atoms with Crippen LogP contribution in [0.2, 0.25) is 0 Å². The Kier molecular flexibility index (Phi) is 3.32. The molecule has 0 atom stereocenters. The number of rotatable bonds is 1. The van der Waals surface area contributed by atoms with E-state index in [9.17, 15) is 13.2 Å². The van der Waals surface area contributed by atoms with E-state index in [-0.39, 0.29) is 5.41 Å². The maximum absolute atomic E-state index is 12.7. The zero-order chi connectivity index (χ0) is 14.2. The highest BCUT2D eigenvalue weighted by molar-refractivity contribution is 5.39. The zero-order valence-corrected chi connectivity index (χ0v) is 11.1. The summed E-state index contributed by atoms with van der Waals surface area (Å²) in [5, 5.41) is 3.32. The van der Waals surface area contributed by atoms with E-state index >= 15 is 0 Å². The second kappa shape index (κ2) is 4.87. The lowest BCUT2D eigenvalue weighted by molar-refractivity contribution is -0.141. The molecule has 1 aromatic rings. The van der Waals surface area contributed by atoms with Gasteiger partial charge in [-0.3, -0.25) is 4.98 Å². The van der Waals surface area contributed by atoms with Crippen LogP contribution >= 0.6 is 0 Å². The van der Waals surface area contributed by atoms with Crippen LogP contribution in [0.1, 0.15) is 25.0 Å². The molecule has 0 amide bonds. The molecule has 20 heavy (non-hydrogen) atoms. The number of anilines is 1. The maximum atomic E-state index is 12.7. The Hall–Kier alpha value is -1.37. The third-order valence-corrected chi connectivity index (χ3v) is 4.34. The molecule has 2 saturated heterocycles. The van der Waals surface area contributed by atoms with Crippen LogP contribution in [-0.4, -0.2) is 36.1 Å². The normalized spacial score (nSPS) is 22.4. The third kappa shape index (κ3) is 2.59. The Bertz CT molecular complexity index is 483. The van der Waals surface area contributed by atoms with Crippen LogP contribution in [0.3, 0.4) is 0 Å². The lowest BCUT2D eigenvalue weighted by Crippen LogP contribution is -2.38. The minimum absolute atomic E-state index is 0.237. The van der Waals surface area contributed by atoms with Crippen LogP contribution in [0.25, 0.3) is 0 Å². The highest BCUT2D eigenvalue weighted by Crippen LogP contribution is 2.40. The summed E-state index contributed by atoms with van der Waals surface area (Å²) in [7, 11) is 0. The predicted molar refractivity (Wildman–Crippen MR) is 68.4 cm³/mol. The van der Waals surface area contributed by atoms with Gasteiger partial charge in [-0.1, -0.05) is 0 Å². The molecule has 0 aromatic carbocycles.